The number of fused-ring (bicyclic) bond motifs is 1. The molecule has 0 saturated carbocycles. The molecule has 0 saturated heterocycles. The van der Waals surface area contributed by atoms with Crippen LogP contribution in [0.15, 0.2) is 53.4 Å². The number of carbonyl (C=O) groups excluding carboxylic acids is 1. The summed E-state index contributed by atoms with van der Waals surface area (Å²) >= 11 is 1.86. The second-order valence-corrected chi connectivity index (χ2v) is 6.86. The summed E-state index contributed by atoms with van der Waals surface area (Å²) in [5.74, 6) is 0. The van der Waals surface area contributed by atoms with Crippen molar-refractivity contribution in [3.63, 3.8) is 0 Å². The van der Waals surface area contributed by atoms with Crippen molar-refractivity contribution in [1.82, 2.24) is 0 Å². The van der Waals surface area contributed by atoms with E-state index in [1.165, 1.54) is 10.5 Å². The summed E-state index contributed by atoms with van der Waals surface area (Å²) < 4.78 is 0. The lowest BCUT2D eigenvalue weighted by Crippen LogP contribution is -2.41. The van der Waals surface area contributed by atoms with Gasteiger partial charge in [0.2, 0.25) is 0 Å². The van der Waals surface area contributed by atoms with E-state index in [4.69, 9.17) is 0 Å². The van der Waals surface area contributed by atoms with Crippen molar-refractivity contribution in [2.75, 3.05) is 16.8 Å². The third kappa shape index (κ3) is 3.12. The van der Waals surface area contributed by atoms with E-state index in [9.17, 15) is 4.79 Å². The lowest BCUT2D eigenvalue weighted by Gasteiger charge is -2.33. The van der Waals surface area contributed by atoms with Gasteiger partial charge in [0.05, 0.1) is 5.69 Å². The fourth-order valence-corrected chi connectivity index (χ4v) is 3.74. The Hall–Kier alpha value is -1.94. The molecule has 22 heavy (non-hydrogen) atoms. The Morgan fingerprint density at radius 3 is 2.68 bits per heavy atom. The number of anilines is 2. The van der Waals surface area contributed by atoms with Crippen molar-refractivity contribution in [2.45, 2.75) is 30.4 Å². The summed E-state index contributed by atoms with van der Waals surface area (Å²) in [6.07, 6.45) is 1.05. The molecule has 1 heterocycles. The van der Waals surface area contributed by atoms with Gasteiger partial charge >= 0.3 is 6.03 Å². The molecule has 4 heteroatoms. The highest BCUT2D eigenvalue weighted by Gasteiger charge is 2.28. The minimum absolute atomic E-state index is 0.0601. The molecule has 0 radical (unpaired) electrons. The summed E-state index contributed by atoms with van der Waals surface area (Å²) in [6, 6.07) is 15.9. The third-order valence-electron chi connectivity index (χ3n) is 3.84. The Balaban J connectivity index is 1.83. The Labute approximate surface area is 135 Å². The van der Waals surface area contributed by atoms with Crippen LogP contribution in [0.3, 0.4) is 0 Å². The lowest BCUT2D eigenvalue weighted by molar-refractivity contribution is 0.256. The number of nitrogens with one attached hydrogen (secondary N) is 1. The van der Waals surface area contributed by atoms with E-state index < -0.39 is 0 Å². The van der Waals surface area contributed by atoms with Gasteiger partial charge in [0, 0.05) is 22.4 Å². The maximum Gasteiger partial charge on any atom is 0.326 e. The largest absolute Gasteiger partial charge is 0.326 e. The van der Waals surface area contributed by atoms with Crippen molar-refractivity contribution >= 4 is 29.2 Å². The number of rotatable bonds is 2. The lowest BCUT2D eigenvalue weighted by atomic mass is 10.2. The van der Waals surface area contributed by atoms with Gasteiger partial charge in [0.25, 0.3) is 0 Å². The first-order valence-electron chi connectivity index (χ1n) is 7.58. The molecule has 1 aliphatic rings. The fraction of sp³-hybridized carbons (Fsp3) is 0.278. The Morgan fingerprint density at radius 2 is 1.95 bits per heavy atom. The van der Waals surface area contributed by atoms with Crippen molar-refractivity contribution in [3.8, 4) is 0 Å². The SMILES string of the molecule is CC[C@@H]1CN(C(=O)Nc2ccc(C)cc2)c2ccccc2S1. The summed E-state index contributed by atoms with van der Waals surface area (Å²) in [6.45, 7) is 4.95. The molecule has 3 nitrogen and oxygen atoms in total. The van der Waals surface area contributed by atoms with E-state index in [1.54, 1.807) is 0 Å². The predicted octanol–water partition coefficient (Wildman–Crippen LogP) is 4.92. The molecule has 1 aliphatic heterocycles. The van der Waals surface area contributed by atoms with Gasteiger partial charge in [0.1, 0.15) is 0 Å². The number of amides is 2. The van der Waals surface area contributed by atoms with Crippen LogP contribution in [0.2, 0.25) is 0 Å². The van der Waals surface area contributed by atoms with Gasteiger partial charge in [-0.05, 0) is 37.6 Å². The highest BCUT2D eigenvalue weighted by atomic mass is 32.2. The average Bonchev–Trinajstić information content (AvgIpc) is 2.55. The monoisotopic (exact) mass is 312 g/mol. The smallest absolute Gasteiger partial charge is 0.308 e. The predicted molar refractivity (Wildman–Crippen MR) is 93.9 cm³/mol. The van der Waals surface area contributed by atoms with Gasteiger partial charge < -0.3 is 5.32 Å². The van der Waals surface area contributed by atoms with E-state index in [-0.39, 0.29) is 6.03 Å². The molecule has 2 amide bonds. The normalized spacial score (nSPS) is 17.0. The van der Waals surface area contributed by atoms with E-state index >= 15 is 0 Å². The molecule has 0 spiro atoms. The van der Waals surface area contributed by atoms with Crippen LogP contribution < -0.4 is 10.2 Å². The molecule has 0 unspecified atom stereocenters. The van der Waals surface area contributed by atoms with Crippen molar-refractivity contribution in [1.29, 1.82) is 0 Å². The van der Waals surface area contributed by atoms with Gasteiger partial charge in [-0.2, -0.15) is 0 Å². The van der Waals surface area contributed by atoms with Crippen LogP contribution in [0.25, 0.3) is 0 Å². The minimum atomic E-state index is -0.0601. The van der Waals surface area contributed by atoms with Crippen LogP contribution in [-0.4, -0.2) is 17.8 Å². The van der Waals surface area contributed by atoms with Crippen molar-refractivity contribution in [2.24, 2.45) is 0 Å². The summed E-state index contributed by atoms with van der Waals surface area (Å²) in [5.41, 5.74) is 3.02. The second kappa shape index (κ2) is 6.44. The molecular weight excluding hydrogens is 292 g/mol. The molecule has 2 aromatic carbocycles. The van der Waals surface area contributed by atoms with Gasteiger partial charge in [-0.3, -0.25) is 4.90 Å². The number of benzene rings is 2. The van der Waals surface area contributed by atoms with Crippen LogP contribution in [-0.2, 0) is 0 Å². The second-order valence-electron chi connectivity index (χ2n) is 5.52. The molecule has 1 N–H and O–H groups in total. The quantitative estimate of drug-likeness (QED) is 0.854. The first-order valence-corrected chi connectivity index (χ1v) is 8.46. The maximum atomic E-state index is 12.7. The number of para-hydroxylation sites is 1. The standard InChI is InChI=1S/C18H20N2OS/c1-3-15-12-20(16-6-4-5-7-17(16)22-15)18(21)19-14-10-8-13(2)9-11-14/h4-11,15H,3,12H2,1-2H3,(H,19,21)/t15-/m1/s1. The number of nitrogens with zero attached hydrogens (tertiary/aromatic N) is 1. The highest BCUT2D eigenvalue weighted by Crippen LogP contribution is 2.39. The first-order chi connectivity index (χ1) is 10.7. The van der Waals surface area contributed by atoms with E-state index in [0.29, 0.717) is 5.25 Å². The Morgan fingerprint density at radius 1 is 1.23 bits per heavy atom. The molecular formula is C18H20N2OS. The zero-order valence-electron chi connectivity index (χ0n) is 12.9. The molecule has 0 aromatic heterocycles. The van der Waals surface area contributed by atoms with E-state index in [1.807, 2.05) is 66.1 Å². The summed E-state index contributed by atoms with van der Waals surface area (Å²) in [7, 11) is 0. The first kappa shape index (κ1) is 15.0. The Kier molecular flexibility index (Phi) is 4.39. The zero-order valence-corrected chi connectivity index (χ0v) is 13.7. The zero-order chi connectivity index (χ0) is 15.5. The number of hydrogen-bond acceptors (Lipinski definition) is 2. The number of carbonyl (C=O) groups is 1. The number of aryl methyl sites for hydroxylation is 1. The van der Waals surface area contributed by atoms with Crippen LogP contribution in [0, 0.1) is 6.92 Å². The van der Waals surface area contributed by atoms with Gasteiger partial charge in [-0.1, -0.05) is 36.8 Å². The van der Waals surface area contributed by atoms with Crippen molar-refractivity contribution < 1.29 is 4.79 Å². The minimum Gasteiger partial charge on any atom is -0.308 e. The molecule has 114 valence electrons. The molecule has 0 aliphatic carbocycles. The van der Waals surface area contributed by atoms with Crippen molar-refractivity contribution in [3.05, 3.63) is 54.1 Å². The Bertz CT molecular complexity index is 669. The van der Waals surface area contributed by atoms with Crippen LogP contribution in [0.1, 0.15) is 18.9 Å². The maximum absolute atomic E-state index is 12.7. The van der Waals surface area contributed by atoms with E-state index in [2.05, 4.69) is 18.3 Å². The molecule has 0 bridgehead atoms. The highest BCUT2D eigenvalue weighted by molar-refractivity contribution is 8.00. The van der Waals surface area contributed by atoms with Crippen LogP contribution >= 0.6 is 11.8 Å². The van der Waals surface area contributed by atoms with Gasteiger partial charge in [-0.25, -0.2) is 4.79 Å². The number of thioether (sulfide) groups is 1. The molecule has 0 fully saturated rings. The van der Waals surface area contributed by atoms with Crippen LogP contribution in [0.5, 0.6) is 0 Å². The van der Waals surface area contributed by atoms with Gasteiger partial charge in [-0.15, -0.1) is 11.8 Å². The molecule has 3 rings (SSSR count). The fourth-order valence-electron chi connectivity index (χ4n) is 2.53. The third-order valence-corrected chi connectivity index (χ3v) is 5.25. The molecule has 2 aromatic rings. The summed E-state index contributed by atoms with van der Waals surface area (Å²) in [4.78, 5) is 15.7. The van der Waals surface area contributed by atoms with Gasteiger partial charge in [0.15, 0.2) is 0 Å². The number of hydrogen-bond donors (Lipinski definition) is 1. The molecule has 1 atom stereocenters. The number of urea groups is 1. The van der Waals surface area contributed by atoms with Crippen LogP contribution in [0.4, 0.5) is 16.2 Å². The average molecular weight is 312 g/mol. The van der Waals surface area contributed by atoms with E-state index in [0.717, 1.165) is 24.3 Å². The topological polar surface area (TPSA) is 32.3 Å². The summed E-state index contributed by atoms with van der Waals surface area (Å²) in [5, 5.41) is 3.45.